The van der Waals surface area contributed by atoms with Gasteiger partial charge in [0.15, 0.2) is 0 Å². The molecule has 24 heavy (non-hydrogen) atoms. The first-order chi connectivity index (χ1) is 11.0. The molecule has 2 aromatic rings. The molecule has 0 aliphatic rings. The Kier molecular flexibility index (Phi) is 4.47. The summed E-state index contributed by atoms with van der Waals surface area (Å²) in [4.78, 5) is 9.13. The lowest BCUT2D eigenvalue weighted by molar-refractivity contribution is -0.385. The second-order valence-corrected chi connectivity index (χ2v) is 5.98. The van der Waals surface area contributed by atoms with E-state index >= 15 is 0 Å². The third-order valence-corrected chi connectivity index (χ3v) is 4.04. The summed E-state index contributed by atoms with van der Waals surface area (Å²) in [5.74, 6) is -1.88. The average Bonchev–Trinajstić information content (AvgIpc) is 2.45. The molecule has 0 N–H and O–H groups in total. The van der Waals surface area contributed by atoms with Crippen LogP contribution in [0, 0.1) is 15.9 Å². The molecular weight excluding hydrogens is 358 g/mol. The highest BCUT2D eigenvalue weighted by Crippen LogP contribution is 2.32. The summed E-state index contributed by atoms with van der Waals surface area (Å²) in [6.45, 7) is 0. The lowest BCUT2D eigenvalue weighted by Crippen LogP contribution is -2.12. The fourth-order valence-electron chi connectivity index (χ4n) is 1.68. The van der Waals surface area contributed by atoms with Crippen LogP contribution in [0.15, 0.2) is 47.4 Å². The number of rotatable bonds is 4. The van der Waals surface area contributed by atoms with Crippen molar-refractivity contribution in [2.75, 3.05) is 0 Å². The van der Waals surface area contributed by atoms with E-state index in [1.54, 1.807) is 0 Å². The number of benzene rings is 2. The van der Waals surface area contributed by atoms with E-state index in [9.17, 15) is 36.1 Å². The quantitative estimate of drug-likeness (QED) is 0.358. The van der Waals surface area contributed by atoms with Crippen LogP contribution in [0.4, 0.5) is 23.2 Å². The molecular formula is C13H7F4NO5S. The summed E-state index contributed by atoms with van der Waals surface area (Å²) in [5, 5.41) is 10.8. The van der Waals surface area contributed by atoms with Crippen molar-refractivity contribution in [3.05, 3.63) is 64.0 Å². The van der Waals surface area contributed by atoms with Crippen LogP contribution >= 0.6 is 0 Å². The normalized spacial score (nSPS) is 12.0. The Balaban J connectivity index is 2.39. The van der Waals surface area contributed by atoms with Crippen LogP contribution in [0.3, 0.4) is 0 Å². The first kappa shape index (κ1) is 17.7. The molecule has 0 spiro atoms. The summed E-state index contributed by atoms with van der Waals surface area (Å²) in [7, 11) is -4.69. The van der Waals surface area contributed by atoms with Gasteiger partial charge in [-0.3, -0.25) is 10.1 Å². The van der Waals surface area contributed by atoms with Crippen LogP contribution in [0.25, 0.3) is 0 Å². The van der Waals surface area contributed by atoms with Gasteiger partial charge in [0.1, 0.15) is 10.7 Å². The smallest absolute Gasteiger partial charge is 0.371 e. The minimum atomic E-state index is -4.69. The van der Waals surface area contributed by atoms with E-state index in [1.165, 1.54) is 0 Å². The molecule has 2 rings (SSSR count). The second kappa shape index (κ2) is 6.07. The first-order valence-corrected chi connectivity index (χ1v) is 7.47. The summed E-state index contributed by atoms with van der Waals surface area (Å²) < 4.78 is 79.0. The zero-order valence-electron chi connectivity index (χ0n) is 11.5. The monoisotopic (exact) mass is 365 g/mol. The third kappa shape index (κ3) is 3.79. The van der Waals surface area contributed by atoms with Gasteiger partial charge in [0.2, 0.25) is 5.75 Å². The van der Waals surface area contributed by atoms with E-state index in [2.05, 4.69) is 4.18 Å². The summed E-state index contributed by atoms with van der Waals surface area (Å²) in [5.41, 5.74) is -1.90. The number of hydrogen-bond donors (Lipinski definition) is 0. The predicted molar refractivity (Wildman–Crippen MR) is 72.3 cm³/mol. The van der Waals surface area contributed by atoms with E-state index < -0.39 is 48.9 Å². The van der Waals surface area contributed by atoms with Crippen molar-refractivity contribution in [2.24, 2.45) is 0 Å². The van der Waals surface area contributed by atoms with Crippen molar-refractivity contribution in [3.8, 4) is 5.75 Å². The Morgan fingerprint density at radius 1 is 1.04 bits per heavy atom. The van der Waals surface area contributed by atoms with Gasteiger partial charge in [-0.1, -0.05) is 0 Å². The Morgan fingerprint density at radius 3 is 2.12 bits per heavy atom. The third-order valence-electron chi connectivity index (χ3n) is 2.79. The van der Waals surface area contributed by atoms with Gasteiger partial charge >= 0.3 is 22.0 Å². The number of nitro groups is 1. The van der Waals surface area contributed by atoms with E-state index in [0.29, 0.717) is 36.4 Å². The largest absolute Gasteiger partial charge is 0.416 e. The maximum Gasteiger partial charge on any atom is 0.416 e. The molecule has 0 radical (unpaired) electrons. The van der Waals surface area contributed by atoms with Crippen LogP contribution in [0.2, 0.25) is 0 Å². The van der Waals surface area contributed by atoms with Gasteiger partial charge in [-0.05, 0) is 30.3 Å². The Labute approximate surface area is 132 Å². The Morgan fingerprint density at radius 2 is 1.62 bits per heavy atom. The first-order valence-electron chi connectivity index (χ1n) is 6.06. The van der Waals surface area contributed by atoms with Crippen molar-refractivity contribution in [2.45, 2.75) is 11.1 Å². The van der Waals surface area contributed by atoms with Gasteiger partial charge in [-0.2, -0.15) is 21.6 Å². The number of nitro benzene ring substituents is 1. The molecule has 0 saturated heterocycles. The molecule has 128 valence electrons. The Hall–Kier alpha value is -2.69. The van der Waals surface area contributed by atoms with Crippen molar-refractivity contribution in [3.63, 3.8) is 0 Å². The molecule has 0 aromatic heterocycles. The minimum absolute atomic E-state index is 0.486. The molecule has 0 atom stereocenters. The number of halogens is 4. The molecule has 11 heteroatoms. The van der Waals surface area contributed by atoms with Gasteiger partial charge in [-0.25, -0.2) is 4.39 Å². The molecule has 0 bridgehead atoms. The van der Waals surface area contributed by atoms with Gasteiger partial charge in [0.25, 0.3) is 0 Å². The van der Waals surface area contributed by atoms with Crippen LogP contribution < -0.4 is 4.18 Å². The van der Waals surface area contributed by atoms with E-state index in [1.807, 2.05) is 0 Å². The van der Waals surface area contributed by atoms with Crippen molar-refractivity contribution < 1.29 is 35.1 Å². The minimum Gasteiger partial charge on any atom is -0.371 e. The van der Waals surface area contributed by atoms with Crippen molar-refractivity contribution in [1.29, 1.82) is 0 Å². The summed E-state index contributed by atoms with van der Waals surface area (Å²) >= 11 is 0. The predicted octanol–water partition coefficient (Wildman–Crippen LogP) is 3.52. The van der Waals surface area contributed by atoms with Gasteiger partial charge in [0.05, 0.1) is 10.5 Å². The van der Waals surface area contributed by atoms with Crippen LogP contribution in [-0.4, -0.2) is 13.3 Å². The topological polar surface area (TPSA) is 86.5 Å². The highest BCUT2D eigenvalue weighted by molar-refractivity contribution is 7.87. The second-order valence-electron chi connectivity index (χ2n) is 4.43. The molecule has 0 saturated carbocycles. The zero-order chi connectivity index (χ0) is 18.1. The molecule has 0 heterocycles. The highest BCUT2D eigenvalue weighted by atomic mass is 32.2. The summed E-state index contributed by atoms with van der Waals surface area (Å²) in [6, 6.07) is 4.20. The fraction of sp³-hybridized carbons (Fsp3) is 0.0769. The lowest BCUT2D eigenvalue weighted by Gasteiger charge is -2.09. The maximum atomic E-state index is 13.1. The summed E-state index contributed by atoms with van der Waals surface area (Å²) in [6.07, 6.45) is -4.66. The molecule has 0 fully saturated rings. The highest BCUT2D eigenvalue weighted by Gasteiger charge is 2.31. The number of hydrogen-bond acceptors (Lipinski definition) is 5. The maximum absolute atomic E-state index is 13.1. The Bertz CT molecular complexity index is 878. The number of nitrogens with zero attached hydrogens (tertiary/aromatic N) is 1. The van der Waals surface area contributed by atoms with E-state index in [4.69, 9.17) is 0 Å². The molecule has 0 aliphatic heterocycles. The fourth-order valence-corrected chi connectivity index (χ4v) is 2.62. The van der Waals surface area contributed by atoms with E-state index in [-0.39, 0.29) is 0 Å². The number of alkyl halides is 3. The van der Waals surface area contributed by atoms with Gasteiger partial charge < -0.3 is 4.18 Å². The molecule has 0 amide bonds. The SMILES string of the molecule is O=[N+]([O-])c1ccc(F)cc1OS(=O)(=O)c1ccc(C(F)(F)F)cc1. The average molecular weight is 365 g/mol. The lowest BCUT2D eigenvalue weighted by atomic mass is 10.2. The molecule has 0 aliphatic carbocycles. The van der Waals surface area contributed by atoms with Crippen molar-refractivity contribution in [1.82, 2.24) is 0 Å². The van der Waals surface area contributed by atoms with Crippen LogP contribution in [0.5, 0.6) is 5.75 Å². The molecule has 2 aromatic carbocycles. The van der Waals surface area contributed by atoms with Crippen LogP contribution in [0.1, 0.15) is 5.56 Å². The van der Waals surface area contributed by atoms with Gasteiger partial charge in [-0.15, -0.1) is 0 Å². The molecule has 6 nitrogen and oxygen atoms in total. The molecule has 0 unspecified atom stereocenters. The van der Waals surface area contributed by atoms with Crippen molar-refractivity contribution >= 4 is 15.8 Å². The van der Waals surface area contributed by atoms with Gasteiger partial charge in [0, 0.05) is 12.1 Å². The standard InChI is InChI=1S/C13H7F4NO5S/c14-9-3-6-11(18(19)20)12(7-9)23-24(21,22)10-4-1-8(2-5-10)13(15,16)17/h1-7H. The zero-order valence-corrected chi connectivity index (χ0v) is 12.3. The van der Waals surface area contributed by atoms with Crippen LogP contribution in [-0.2, 0) is 16.3 Å². The van der Waals surface area contributed by atoms with E-state index in [0.717, 1.165) is 6.07 Å².